The van der Waals surface area contributed by atoms with E-state index < -0.39 is 5.69 Å². The largest absolute Gasteiger partial charge is 0.344 e. The third-order valence-electron chi connectivity index (χ3n) is 3.50. The average molecular weight is 281 g/mol. The summed E-state index contributed by atoms with van der Waals surface area (Å²) in [6.07, 6.45) is 3.39. The number of fused-ring (bicyclic) bond motifs is 1. The summed E-state index contributed by atoms with van der Waals surface area (Å²) in [6.45, 7) is 3.76. The summed E-state index contributed by atoms with van der Waals surface area (Å²) in [6, 6.07) is 9.66. The first-order valence-electron chi connectivity index (χ1n) is 6.62. The van der Waals surface area contributed by atoms with Gasteiger partial charge in [-0.15, -0.1) is 6.58 Å². The normalized spacial score (nSPS) is 10.9. The molecule has 0 aliphatic heterocycles. The molecule has 0 aliphatic rings. The van der Waals surface area contributed by atoms with Crippen molar-refractivity contribution < 1.29 is 0 Å². The van der Waals surface area contributed by atoms with Crippen LogP contribution >= 0.6 is 0 Å². The van der Waals surface area contributed by atoms with E-state index in [0.717, 1.165) is 15.7 Å². The van der Waals surface area contributed by atoms with Gasteiger partial charge >= 0.3 is 5.69 Å². The Bertz CT molecular complexity index is 930. The van der Waals surface area contributed by atoms with Crippen LogP contribution in [-0.4, -0.2) is 14.1 Å². The molecule has 5 heteroatoms. The maximum absolute atomic E-state index is 12.5. The lowest BCUT2D eigenvalue weighted by Crippen LogP contribution is -2.35. The minimum atomic E-state index is -0.421. The molecule has 0 spiro atoms. The summed E-state index contributed by atoms with van der Waals surface area (Å²) < 4.78 is 2.89. The highest BCUT2D eigenvalue weighted by Crippen LogP contribution is 2.26. The SMILES string of the molecule is C=CCn1c(=O)[nH]c2c(-c3ccccc3)cn(C)c2c1=O. The van der Waals surface area contributed by atoms with Crippen LogP contribution in [0.5, 0.6) is 0 Å². The van der Waals surface area contributed by atoms with E-state index >= 15 is 0 Å². The molecule has 3 rings (SSSR count). The van der Waals surface area contributed by atoms with Gasteiger partial charge in [0.2, 0.25) is 0 Å². The first kappa shape index (κ1) is 13.2. The molecule has 0 radical (unpaired) electrons. The number of nitrogens with one attached hydrogen (secondary N) is 1. The lowest BCUT2D eigenvalue weighted by Gasteiger charge is -2.03. The van der Waals surface area contributed by atoms with Gasteiger partial charge in [0.15, 0.2) is 0 Å². The van der Waals surface area contributed by atoms with Crippen LogP contribution in [0.2, 0.25) is 0 Å². The van der Waals surface area contributed by atoms with Crippen molar-refractivity contribution in [3.63, 3.8) is 0 Å². The quantitative estimate of drug-likeness (QED) is 0.745. The molecule has 3 aromatic rings. The molecule has 106 valence electrons. The predicted molar refractivity (Wildman–Crippen MR) is 83.4 cm³/mol. The number of hydrogen-bond acceptors (Lipinski definition) is 2. The zero-order valence-corrected chi connectivity index (χ0v) is 11.7. The average Bonchev–Trinajstić information content (AvgIpc) is 2.81. The van der Waals surface area contributed by atoms with Crippen LogP contribution in [0.4, 0.5) is 0 Å². The van der Waals surface area contributed by atoms with Gasteiger partial charge in [-0.2, -0.15) is 0 Å². The van der Waals surface area contributed by atoms with Crippen molar-refractivity contribution in [2.75, 3.05) is 0 Å². The first-order chi connectivity index (χ1) is 10.1. The Morgan fingerprint density at radius 3 is 2.62 bits per heavy atom. The fourth-order valence-electron chi connectivity index (χ4n) is 2.54. The molecule has 0 unspecified atom stereocenters. The van der Waals surface area contributed by atoms with E-state index in [1.165, 1.54) is 6.08 Å². The van der Waals surface area contributed by atoms with Gasteiger partial charge < -0.3 is 9.55 Å². The number of allylic oxidation sites excluding steroid dienone is 1. The van der Waals surface area contributed by atoms with E-state index in [1.807, 2.05) is 36.5 Å². The van der Waals surface area contributed by atoms with Crippen LogP contribution in [0.15, 0.2) is 58.8 Å². The highest BCUT2D eigenvalue weighted by atomic mass is 16.2. The van der Waals surface area contributed by atoms with Crippen molar-refractivity contribution in [3.05, 3.63) is 70.0 Å². The number of H-pyrrole nitrogens is 1. The topological polar surface area (TPSA) is 59.8 Å². The highest BCUT2D eigenvalue weighted by molar-refractivity contribution is 5.92. The van der Waals surface area contributed by atoms with Gasteiger partial charge in [0.1, 0.15) is 5.52 Å². The standard InChI is InChI=1S/C16H15N3O2/c1-3-9-19-15(20)14-13(17-16(19)21)12(10-18(14)2)11-7-5-4-6-8-11/h3-8,10H,1,9H2,2H3,(H,17,21). The van der Waals surface area contributed by atoms with Gasteiger partial charge in [-0.1, -0.05) is 36.4 Å². The second-order valence-electron chi connectivity index (χ2n) is 4.88. The second kappa shape index (κ2) is 4.94. The Hall–Kier alpha value is -2.82. The van der Waals surface area contributed by atoms with Gasteiger partial charge in [0.25, 0.3) is 5.56 Å². The third-order valence-corrected chi connectivity index (χ3v) is 3.50. The predicted octanol–water partition coefficient (Wildman–Crippen LogP) is 1.88. The molecule has 2 heterocycles. The Balaban J connectivity index is 2.40. The monoisotopic (exact) mass is 281 g/mol. The van der Waals surface area contributed by atoms with Crippen molar-refractivity contribution in [1.82, 2.24) is 14.1 Å². The molecule has 0 atom stereocenters. The number of benzene rings is 1. The number of rotatable bonds is 3. The molecule has 0 aliphatic carbocycles. The number of nitrogens with zero attached hydrogens (tertiary/aromatic N) is 2. The van der Waals surface area contributed by atoms with Crippen LogP contribution in [0.1, 0.15) is 0 Å². The van der Waals surface area contributed by atoms with Crippen molar-refractivity contribution in [1.29, 1.82) is 0 Å². The number of aromatic nitrogens is 3. The van der Waals surface area contributed by atoms with Crippen LogP contribution < -0.4 is 11.2 Å². The Labute approximate surface area is 120 Å². The molecule has 0 fully saturated rings. The molecule has 2 aromatic heterocycles. The summed E-state index contributed by atoms with van der Waals surface area (Å²) in [5, 5.41) is 0. The summed E-state index contributed by atoms with van der Waals surface area (Å²) in [7, 11) is 1.80. The highest BCUT2D eigenvalue weighted by Gasteiger charge is 2.15. The first-order valence-corrected chi connectivity index (χ1v) is 6.62. The number of aryl methyl sites for hydroxylation is 1. The van der Waals surface area contributed by atoms with E-state index in [9.17, 15) is 9.59 Å². The maximum atomic E-state index is 12.5. The number of hydrogen-bond donors (Lipinski definition) is 1. The molecule has 1 aromatic carbocycles. The summed E-state index contributed by atoms with van der Waals surface area (Å²) in [5.41, 5.74) is 2.12. The smallest absolute Gasteiger partial charge is 0.329 e. The van der Waals surface area contributed by atoms with Gasteiger partial charge in [-0.3, -0.25) is 9.36 Å². The molecule has 0 saturated heterocycles. The second-order valence-corrected chi connectivity index (χ2v) is 4.88. The minimum Gasteiger partial charge on any atom is -0.344 e. The van der Waals surface area contributed by atoms with Crippen LogP contribution in [0, 0.1) is 0 Å². The fourth-order valence-corrected chi connectivity index (χ4v) is 2.54. The van der Waals surface area contributed by atoms with E-state index in [-0.39, 0.29) is 12.1 Å². The van der Waals surface area contributed by atoms with Gasteiger partial charge in [-0.05, 0) is 5.56 Å². The van der Waals surface area contributed by atoms with Crippen molar-refractivity contribution >= 4 is 11.0 Å². The molecule has 0 bridgehead atoms. The van der Waals surface area contributed by atoms with E-state index in [1.54, 1.807) is 11.6 Å². The Morgan fingerprint density at radius 2 is 1.95 bits per heavy atom. The summed E-state index contributed by atoms with van der Waals surface area (Å²) in [5.74, 6) is 0. The molecule has 0 saturated carbocycles. The molecule has 21 heavy (non-hydrogen) atoms. The van der Waals surface area contributed by atoms with E-state index in [0.29, 0.717) is 11.0 Å². The lowest BCUT2D eigenvalue weighted by atomic mass is 10.1. The molecule has 0 amide bonds. The Kier molecular flexibility index (Phi) is 3.10. The van der Waals surface area contributed by atoms with E-state index in [4.69, 9.17) is 0 Å². The zero-order chi connectivity index (χ0) is 15.0. The molecular formula is C16H15N3O2. The van der Waals surface area contributed by atoms with Crippen LogP contribution in [0.25, 0.3) is 22.2 Å². The maximum Gasteiger partial charge on any atom is 0.329 e. The Morgan fingerprint density at radius 1 is 1.24 bits per heavy atom. The molecule has 5 nitrogen and oxygen atoms in total. The number of aromatic amines is 1. The van der Waals surface area contributed by atoms with E-state index in [2.05, 4.69) is 11.6 Å². The molecule has 1 N–H and O–H groups in total. The fraction of sp³-hybridized carbons (Fsp3) is 0.125. The van der Waals surface area contributed by atoms with Crippen LogP contribution in [0.3, 0.4) is 0 Å². The lowest BCUT2D eigenvalue weighted by molar-refractivity contribution is 0.722. The minimum absolute atomic E-state index is 0.190. The van der Waals surface area contributed by atoms with Crippen molar-refractivity contribution in [3.8, 4) is 11.1 Å². The van der Waals surface area contributed by atoms with Gasteiger partial charge in [-0.25, -0.2) is 4.79 Å². The summed E-state index contributed by atoms with van der Waals surface area (Å²) >= 11 is 0. The van der Waals surface area contributed by atoms with Crippen molar-refractivity contribution in [2.24, 2.45) is 7.05 Å². The van der Waals surface area contributed by atoms with Gasteiger partial charge in [0.05, 0.1) is 5.52 Å². The third kappa shape index (κ3) is 2.03. The van der Waals surface area contributed by atoms with Crippen LogP contribution in [-0.2, 0) is 13.6 Å². The summed E-state index contributed by atoms with van der Waals surface area (Å²) in [4.78, 5) is 27.4. The zero-order valence-electron chi connectivity index (χ0n) is 11.7. The molecular weight excluding hydrogens is 266 g/mol. The van der Waals surface area contributed by atoms with Crippen molar-refractivity contribution in [2.45, 2.75) is 6.54 Å². The van der Waals surface area contributed by atoms with Gasteiger partial charge in [0, 0.05) is 25.4 Å².